The Kier molecular flexibility index (Phi) is 9.45. The predicted octanol–water partition coefficient (Wildman–Crippen LogP) is 6.92. The molecule has 0 amide bonds. The van der Waals surface area contributed by atoms with Gasteiger partial charge in [0.15, 0.2) is 4.80 Å². The standard InChI is InChI=1S/C33H23FI2N2O4S2/c1-2-41-32(40)27-28(20-9-4-3-5-10-20)37-33-38(29(27)25-13-8-14-43-25)31(39)26(44-33)17-19-15-23(35)30(24(36)16-19)42-18-21-11-6-7-12-22(21)34/h3-17,29H,2,18H2,1H3/b26-17-/t29-/m1/s1. The summed E-state index contributed by atoms with van der Waals surface area (Å²) in [6.07, 6.45) is 1.83. The maximum absolute atomic E-state index is 14.1. The number of aromatic nitrogens is 1. The second-order valence-electron chi connectivity index (χ2n) is 9.64. The van der Waals surface area contributed by atoms with Crippen LogP contribution in [-0.4, -0.2) is 17.1 Å². The summed E-state index contributed by atoms with van der Waals surface area (Å²) >= 11 is 7.13. The van der Waals surface area contributed by atoms with E-state index in [-0.39, 0.29) is 24.6 Å². The van der Waals surface area contributed by atoms with Crippen LogP contribution in [0.5, 0.6) is 5.75 Å². The van der Waals surface area contributed by atoms with E-state index in [1.54, 1.807) is 29.7 Å². The maximum Gasteiger partial charge on any atom is 0.338 e. The number of hydrogen-bond donors (Lipinski definition) is 0. The van der Waals surface area contributed by atoms with Gasteiger partial charge in [-0.3, -0.25) is 9.36 Å². The number of nitrogens with zero attached hydrogens (tertiary/aromatic N) is 2. The fraction of sp³-hybridized carbons (Fsp3) is 0.121. The summed E-state index contributed by atoms with van der Waals surface area (Å²) in [7, 11) is 0. The molecular formula is C33H23FI2N2O4S2. The molecule has 0 N–H and O–H groups in total. The number of ether oxygens (including phenoxy) is 2. The van der Waals surface area contributed by atoms with E-state index in [0.717, 1.165) is 23.1 Å². The Morgan fingerprint density at radius 2 is 1.77 bits per heavy atom. The zero-order valence-corrected chi connectivity index (χ0v) is 29.1. The monoisotopic (exact) mass is 848 g/mol. The van der Waals surface area contributed by atoms with E-state index in [2.05, 4.69) is 45.2 Å². The first kappa shape index (κ1) is 30.9. The molecule has 11 heteroatoms. The quantitative estimate of drug-likeness (QED) is 0.126. The van der Waals surface area contributed by atoms with Crippen LogP contribution in [-0.2, 0) is 16.1 Å². The van der Waals surface area contributed by atoms with Gasteiger partial charge >= 0.3 is 5.97 Å². The summed E-state index contributed by atoms with van der Waals surface area (Å²) in [6.45, 7) is 2.06. The van der Waals surface area contributed by atoms with Crippen molar-refractivity contribution in [3.05, 3.63) is 144 Å². The van der Waals surface area contributed by atoms with Crippen LogP contribution in [0.15, 0.2) is 99.6 Å². The minimum atomic E-state index is -0.683. The predicted molar refractivity (Wildman–Crippen MR) is 188 cm³/mol. The molecule has 0 unspecified atom stereocenters. The van der Waals surface area contributed by atoms with E-state index < -0.39 is 12.0 Å². The molecule has 5 aromatic rings. The van der Waals surface area contributed by atoms with Gasteiger partial charge in [0, 0.05) is 16.0 Å². The van der Waals surface area contributed by atoms with Gasteiger partial charge in [-0.2, -0.15) is 0 Å². The third kappa shape index (κ3) is 6.19. The Labute approximate surface area is 287 Å². The molecule has 0 saturated heterocycles. The topological polar surface area (TPSA) is 69.9 Å². The Balaban J connectivity index is 1.46. The second kappa shape index (κ2) is 13.5. The molecule has 44 heavy (non-hydrogen) atoms. The maximum atomic E-state index is 14.1. The van der Waals surface area contributed by atoms with Crippen LogP contribution in [0.4, 0.5) is 4.39 Å². The lowest BCUT2D eigenvalue weighted by atomic mass is 9.97. The van der Waals surface area contributed by atoms with Gasteiger partial charge in [0.05, 0.1) is 29.5 Å². The Bertz CT molecular complexity index is 2050. The number of halogens is 3. The van der Waals surface area contributed by atoms with Gasteiger partial charge < -0.3 is 9.47 Å². The number of hydrogen-bond acceptors (Lipinski definition) is 7. The van der Waals surface area contributed by atoms with Crippen LogP contribution in [0.25, 0.3) is 11.8 Å². The molecule has 0 radical (unpaired) electrons. The van der Waals surface area contributed by atoms with Crippen molar-refractivity contribution < 1.29 is 18.7 Å². The largest absolute Gasteiger partial charge is 0.487 e. The molecule has 0 fully saturated rings. The van der Waals surface area contributed by atoms with Crippen molar-refractivity contribution in [1.82, 2.24) is 4.57 Å². The highest BCUT2D eigenvalue weighted by molar-refractivity contribution is 14.1. The van der Waals surface area contributed by atoms with Crippen molar-refractivity contribution in [1.29, 1.82) is 0 Å². The third-order valence-corrected chi connectivity index (χ3v) is 10.3. The molecule has 3 heterocycles. The SMILES string of the molecule is CCOC(=O)C1=C(c2ccccc2)N=c2s/c(=C\c3cc(I)c(OCc4ccccc4F)c(I)c3)c(=O)n2[C@@H]1c1cccs1. The first-order chi connectivity index (χ1) is 21.4. The lowest BCUT2D eigenvalue weighted by Gasteiger charge is -2.24. The molecule has 1 atom stereocenters. The van der Waals surface area contributed by atoms with Crippen LogP contribution < -0.4 is 19.6 Å². The Hall–Kier alpha value is -3.14. The van der Waals surface area contributed by atoms with E-state index in [0.29, 0.717) is 31.9 Å². The first-order valence-corrected chi connectivity index (χ1v) is 17.4. The number of benzene rings is 3. The number of fused-ring (bicyclic) bond motifs is 1. The molecule has 6 rings (SSSR count). The van der Waals surface area contributed by atoms with Gasteiger partial charge in [-0.1, -0.05) is 65.9 Å². The van der Waals surface area contributed by atoms with E-state index in [4.69, 9.17) is 14.5 Å². The van der Waals surface area contributed by atoms with Gasteiger partial charge in [0.1, 0.15) is 24.2 Å². The zero-order valence-electron chi connectivity index (χ0n) is 23.1. The fourth-order valence-corrected chi connectivity index (χ4v) is 8.83. The van der Waals surface area contributed by atoms with Crippen LogP contribution in [0.1, 0.15) is 34.5 Å². The van der Waals surface area contributed by atoms with Crippen LogP contribution in [0.2, 0.25) is 0 Å². The summed E-state index contributed by atoms with van der Waals surface area (Å²) in [5.41, 5.74) is 2.64. The van der Waals surface area contributed by atoms with Crippen molar-refractivity contribution in [2.75, 3.05) is 6.61 Å². The highest BCUT2D eigenvalue weighted by Crippen LogP contribution is 2.37. The second-order valence-corrected chi connectivity index (χ2v) is 14.0. The number of thiazole rings is 1. The Morgan fingerprint density at radius 1 is 1.05 bits per heavy atom. The zero-order chi connectivity index (χ0) is 30.8. The van der Waals surface area contributed by atoms with Crippen LogP contribution in [0, 0.1) is 13.0 Å². The van der Waals surface area contributed by atoms with Gasteiger partial charge in [-0.05, 0) is 93.4 Å². The molecular weight excluding hydrogens is 825 g/mol. The number of esters is 1. The molecule has 0 spiro atoms. The van der Waals surface area contributed by atoms with Crippen LogP contribution in [0.3, 0.4) is 0 Å². The molecule has 3 aromatic carbocycles. The average Bonchev–Trinajstić information content (AvgIpc) is 3.66. The van der Waals surface area contributed by atoms with Crippen molar-refractivity contribution in [3.8, 4) is 5.75 Å². The summed E-state index contributed by atoms with van der Waals surface area (Å²) < 4.78 is 29.4. The van der Waals surface area contributed by atoms with E-state index in [1.807, 2.05) is 66.1 Å². The minimum absolute atomic E-state index is 0.103. The first-order valence-electron chi connectivity index (χ1n) is 13.5. The lowest BCUT2D eigenvalue weighted by Crippen LogP contribution is -2.39. The lowest BCUT2D eigenvalue weighted by molar-refractivity contribution is -0.138. The molecule has 0 aliphatic carbocycles. The molecule has 0 bridgehead atoms. The smallest absolute Gasteiger partial charge is 0.338 e. The molecule has 222 valence electrons. The van der Waals surface area contributed by atoms with Gasteiger partial charge in [0.2, 0.25) is 0 Å². The highest BCUT2D eigenvalue weighted by Gasteiger charge is 2.35. The van der Waals surface area contributed by atoms with Crippen molar-refractivity contribution >= 4 is 85.6 Å². The van der Waals surface area contributed by atoms with Crippen molar-refractivity contribution in [2.45, 2.75) is 19.6 Å². The molecule has 0 saturated carbocycles. The van der Waals surface area contributed by atoms with E-state index in [1.165, 1.54) is 28.7 Å². The molecule has 1 aliphatic rings. The normalized spacial score (nSPS) is 14.7. The number of carbonyl (C=O) groups excluding carboxylic acids is 1. The third-order valence-electron chi connectivity index (χ3n) is 6.83. The average molecular weight is 848 g/mol. The summed E-state index contributed by atoms with van der Waals surface area (Å²) in [6, 6.07) is 23.0. The summed E-state index contributed by atoms with van der Waals surface area (Å²) in [5.74, 6) is -0.165. The van der Waals surface area contributed by atoms with Gasteiger partial charge in [-0.15, -0.1) is 11.3 Å². The number of thiophene rings is 1. The molecule has 2 aromatic heterocycles. The number of carbonyl (C=O) groups is 1. The molecule has 6 nitrogen and oxygen atoms in total. The van der Waals surface area contributed by atoms with Gasteiger partial charge in [0.25, 0.3) is 5.56 Å². The van der Waals surface area contributed by atoms with Crippen LogP contribution >= 0.6 is 67.9 Å². The molecule has 1 aliphatic heterocycles. The van der Waals surface area contributed by atoms with E-state index >= 15 is 0 Å². The minimum Gasteiger partial charge on any atom is -0.487 e. The van der Waals surface area contributed by atoms with Crippen molar-refractivity contribution in [3.63, 3.8) is 0 Å². The van der Waals surface area contributed by atoms with Crippen molar-refractivity contribution in [2.24, 2.45) is 4.99 Å². The highest BCUT2D eigenvalue weighted by atomic mass is 127. The van der Waals surface area contributed by atoms with Gasteiger partial charge in [-0.25, -0.2) is 14.2 Å². The van der Waals surface area contributed by atoms with E-state index in [9.17, 15) is 14.0 Å². The summed E-state index contributed by atoms with van der Waals surface area (Å²) in [4.78, 5) is 33.8. The summed E-state index contributed by atoms with van der Waals surface area (Å²) in [5, 5.41) is 1.93. The fourth-order valence-electron chi connectivity index (χ4n) is 4.87. The number of rotatable bonds is 8. The Morgan fingerprint density at radius 3 is 2.45 bits per heavy atom.